The quantitative estimate of drug-likeness (QED) is 0.434. The molecule has 4 N–H and O–H groups in total. The molecule has 0 saturated carbocycles. The van der Waals surface area contributed by atoms with E-state index >= 15 is 0 Å². The maximum atomic E-state index is 11.7. The molecule has 0 atom stereocenters. The van der Waals surface area contributed by atoms with Crippen LogP contribution in [0.1, 0.15) is 29.3 Å². The Kier molecular flexibility index (Phi) is 8.06. The number of anilines is 1. The average Bonchev–Trinajstić information content (AvgIpc) is 3.03. The van der Waals surface area contributed by atoms with Crippen LogP contribution in [-0.2, 0) is 13.0 Å². The van der Waals surface area contributed by atoms with Crippen molar-refractivity contribution >= 4 is 29.0 Å². The lowest BCUT2D eigenvalue weighted by Crippen LogP contribution is -2.37. The highest BCUT2D eigenvalue weighted by Crippen LogP contribution is 2.11. The number of nitrogens with one attached hydrogen (secondary N) is 4. The number of nitrogens with zero attached hydrogens (tertiary/aromatic N) is 2. The number of hydrogen-bond donors (Lipinski definition) is 4. The molecule has 0 radical (unpaired) electrons. The first kappa shape index (κ1) is 20.7. The Balaban J connectivity index is 1.74. The Labute approximate surface area is 164 Å². The summed E-state index contributed by atoms with van der Waals surface area (Å²) in [7, 11) is 1.75. The summed E-state index contributed by atoms with van der Waals surface area (Å²) in [5.74, 6) is 0.752. The lowest BCUT2D eigenvalue weighted by Gasteiger charge is -2.12. The minimum absolute atomic E-state index is 0.104. The molecule has 1 aromatic heterocycles. The van der Waals surface area contributed by atoms with E-state index in [1.54, 1.807) is 18.4 Å². The molecule has 0 unspecified atom stereocenters. The summed E-state index contributed by atoms with van der Waals surface area (Å²) in [5.41, 5.74) is 1.86. The van der Waals surface area contributed by atoms with Crippen LogP contribution in [0.25, 0.3) is 0 Å². The van der Waals surface area contributed by atoms with E-state index in [9.17, 15) is 4.79 Å². The molecule has 0 bridgehead atoms. The van der Waals surface area contributed by atoms with Gasteiger partial charge < -0.3 is 21.3 Å². The summed E-state index contributed by atoms with van der Waals surface area (Å²) in [6.45, 7) is 7.34. The van der Waals surface area contributed by atoms with Gasteiger partial charge in [-0.15, -0.1) is 11.3 Å². The largest absolute Gasteiger partial charge is 0.356 e. The highest BCUT2D eigenvalue weighted by molar-refractivity contribution is 7.11. The van der Waals surface area contributed by atoms with Crippen molar-refractivity contribution in [3.63, 3.8) is 0 Å². The first-order chi connectivity index (χ1) is 13.0. The van der Waals surface area contributed by atoms with Crippen molar-refractivity contribution in [2.75, 3.05) is 18.9 Å². The van der Waals surface area contributed by atoms with Crippen LogP contribution in [0.15, 0.2) is 35.5 Å². The van der Waals surface area contributed by atoms with Crippen LogP contribution < -0.4 is 21.3 Å². The van der Waals surface area contributed by atoms with E-state index in [1.165, 1.54) is 4.88 Å². The standard InChI is InChI=1S/C19H28N6OS/c1-13(2)24-19(26)25-16-7-5-15(6-8-16)12-23-18(20-4)21-10-9-17-22-11-14(3)27-17/h5-8,11,13H,9-10,12H2,1-4H3,(H2,20,21,23)(H2,24,25,26). The fourth-order valence-corrected chi connectivity index (χ4v) is 3.13. The van der Waals surface area contributed by atoms with E-state index in [4.69, 9.17) is 0 Å². The number of rotatable bonds is 7. The van der Waals surface area contributed by atoms with Gasteiger partial charge in [0.2, 0.25) is 0 Å². The molecular weight excluding hydrogens is 360 g/mol. The molecule has 27 heavy (non-hydrogen) atoms. The number of carbonyl (C=O) groups excluding carboxylic acids is 1. The molecule has 2 aromatic rings. The first-order valence-electron chi connectivity index (χ1n) is 8.98. The minimum atomic E-state index is -0.198. The topological polar surface area (TPSA) is 90.4 Å². The number of aromatic nitrogens is 1. The number of aliphatic imine (C=N–C) groups is 1. The van der Waals surface area contributed by atoms with Crippen molar-refractivity contribution in [1.82, 2.24) is 20.9 Å². The molecule has 1 heterocycles. The predicted molar refractivity (Wildman–Crippen MR) is 112 cm³/mol. The van der Waals surface area contributed by atoms with E-state index in [-0.39, 0.29) is 12.1 Å². The number of aryl methyl sites for hydroxylation is 1. The lowest BCUT2D eigenvalue weighted by molar-refractivity contribution is 0.250. The minimum Gasteiger partial charge on any atom is -0.356 e. The van der Waals surface area contributed by atoms with Crippen LogP contribution in [0.5, 0.6) is 0 Å². The summed E-state index contributed by atoms with van der Waals surface area (Å²) < 4.78 is 0. The normalized spacial score (nSPS) is 11.4. The highest BCUT2D eigenvalue weighted by Gasteiger charge is 2.04. The van der Waals surface area contributed by atoms with Gasteiger partial charge in [0.1, 0.15) is 0 Å². The Bertz CT molecular complexity index is 754. The fourth-order valence-electron chi connectivity index (χ4n) is 2.35. The van der Waals surface area contributed by atoms with E-state index in [2.05, 4.69) is 38.2 Å². The summed E-state index contributed by atoms with van der Waals surface area (Å²) in [5, 5.41) is 13.3. The van der Waals surface area contributed by atoms with Crippen LogP contribution in [-0.4, -0.2) is 36.6 Å². The van der Waals surface area contributed by atoms with E-state index < -0.39 is 0 Å². The second kappa shape index (κ2) is 10.5. The predicted octanol–water partition coefficient (Wildman–Crippen LogP) is 2.89. The van der Waals surface area contributed by atoms with Gasteiger partial charge in [0, 0.05) is 49.4 Å². The smallest absolute Gasteiger partial charge is 0.319 e. The van der Waals surface area contributed by atoms with Gasteiger partial charge in [-0.2, -0.15) is 0 Å². The number of hydrogen-bond acceptors (Lipinski definition) is 4. The zero-order valence-electron chi connectivity index (χ0n) is 16.3. The summed E-state index contributed by atoms with van der Waals surface area (Å²) in [6, 6.07) is 7.63. The molecule has 0 aliphatic heterocycles. The zero-order chi connectivity index (χ0) is 19.6. The fraction of sp³-hybridized carbons (Fsp3) is 0.421. The monoisotopic (exact) mass is 388 g/mol. The van der Waals surface area contributed by atoms with Crippen molar-refractivity contribution in [2.45, 2.75) is 39.8 Å². The Hall–Kier alpha value is -2.61. The third-order valence-corrected chi connectivity index (χ3v) is 4.59. The number of benzene rings is 1. The maximum absolute atomic E-state index is 11.7. The van der Waals surface area contributed by atoms with Gasteiger partial charge in [-0.1, -0.05) is 12.1 Å². The van der Waals surface area contributed by atoms with Crippen molar-refractivity contribution in [3.05, 3.63) is 45.9 Å². The second-order valence-electron chi connectivity index (χ2n) is 6.42. The van der Waals surface area contributed by atoms with Crippen LogP contribution in [0.2, 0.25) is 0 Å². The molecule has 0 spiro atoms. The van der Waals surface area contributed by atoms with Crippen LogP contribution in [0.3, 0.4) is 0 Å². The third-order valence-electron chi connectivity index (χ3n) is 3.62. The molecule has 8 heteroatoms. The molecule has 0 saturated heterocycles. The molecule has 7 nitrogen and oxygen atoms in total. The summed E-state index contributed by atoms with van der Waals surface area (Å²) >= 11 is 1.72. The Morgan fingerprint density at radius 3 is 2.56 bits per heavy atom. The molecule has 2 amide bonds. The van der Waals surface area contributed by atoms with Gasteiger partial charge >= 0.3 is 6.03 Å². The summed E-state index contributed by atoms with van der Waals surface area (Å²) in [4.78, 5) is 21.5. The molecular formula is C19H28N6OS. The Morgan fingerprint density at radius 1 is 1.22 bits per heavy atom. The third kappa shape index (κ3) is 7.65. The van der Waals surface area contributed by atoms with Crippen LogP contribution in [0, 0.1) is 6.92 Å². The number of carbonyl (C=O) groups is 1. The van der Waals surface area contributed by atoms with Crippen molar-refractivity contribution in [3.8, 4) is 0 Å². The molecule has 1 aromatic carbocycles. The van der Waals surface area contributed by atoms with Crippen LogP contribution >= 0.6 is 11.3 Å². The second-order valence-corrected chi connectivity index (χ2v) is 7.74. The van der Waals surface area contributed by atoms with E-state index in [0.717, 1.165) is 35.2 Å². The van der Waals surface area contributed by atoms with Gasteiger partial charge in [0.05, 0.1) is 5.01 Å². The average molecular weight is 389 g/mol. The first-order valence-corrected chi connectivity index (χ1v) is 9.80. The highest BCUT2D eigenvalue weighted by atomic mass is 32.1. The SMILES string of the molecule is CN=C(NCCc1ncc(C)s1)NCc1ccc(NC(=O)NC(C)C)cc1. The molecule has 0 fully saturated rings. The number of thiazole rings is 1. The number of guanidine groups is 1. The molecule has 2 rings (SSSR count). The van der Waals surface area contributed by atoms with Gasteiger partial charge in [-0.25, -0.2) is 9.78 Å². The summed E-state index contributed by atoms with van der Waals surface area (Å²) in [6.07, 6.45) is 2.77. The van der Waals surface area contributed by atoms with Crippen molar-refractivity contribution < 1.29 is 4.79 Å². The van der Waals surface area contributed by atoms with Gasteiger partial charge in [-0.05, 0) is 38.5 Å². The molecule has 146 valence electrons. The van der Waals surface area contributed by atoms with Gasteiger partial charge in [0.25, 0.3) is 0 Å². The molecule has 0 aliphatic rings. The number of urea groups is 1. The molecule has 0 aliphatic carbocycles. The zero-order valence-corrected chi connectivity index (χ0v) is 17.1. The lowest BCUT2D eigenvalue weighted by atomic mass is 10.2. The van der Waals surface area contributed by atoms with Crippen molar-refractivity contribution in [1.29, 1.82) is 0 Å². The van der Waals surface area contributed by atoms with E-state index in [1.807, 2.05) is 44.3 Å². The van der Waals surface area contributed by atoms with Gasteiger partial charge in [0.15, 0.2) is 5.96 Å². The number of amides is 2. The maximum Gasteiger partial charge on any atom is 0.319 e. The van der Waals surface area contributed by atoms with Gasteiger partial charge in [-0.3, -0.25) is 4.99 Å². The van der Waals surface area contributed by atoms with Crippen molar-refractivity contribution in [2.24, 2.45) is 4.99 Å². The van der Waals surface area contributed by atoms with Crippen LogP contribution in [0.4, 0.5) is 10.5 Å². The van der Waals surface area contributed by atoms with E-state index in [0.29, 0.717) is 6.54 Å². The Morgan fingerprint density at radius 2 is 1.96 bits per heavy atom.